The van der Waals surface area contributed by atoms with Crippen molar-refractivity contribution in [2.75, 3.05) is 33.3 Å². The quantitative estimate of drug-likeness (QED) is 0.796. The van der Waals surface area contributed by atoms with Crippen molar-refractivity contribution in [1.82, 2.24) is 15.5 Å². The highest BCUT2D eigenvalue weighted by Crippen LogP contribution is 2.22. The van der Waals surface area contributed by atoms with Gasteiger partial charge in [0.05, 0.1) is 19.3 Å². The van der Waals surface area contributed by atoms with Crippen molar-refractivity contribution in [2.24, 2.45) is 0 Å². The summed E-state index contributed by atoms with van der Waals surface area (Å²) in [6.45, 7) is 1.66. The average Bonchev–Trinajstić information content (AvgIpc) is 2.72. The fourth-order valence-corrected chi connectivity index (χ4v) is 3.25. The summed E-state index contributed by atoms with van der Waals surface area (Å²) >= 11 is 0. The van der Waals surface area contributed by atoms with Crippen molar-refractivity contribution >= 4 is 11.8 Å². The van der Waals surface area contributed by atoms with E-state index in [1.54, 1.807) is 18.2 Å². The molecular weight excluding hydrogens is 361 g/mol. The summed E-state index contributed by atoms with van der Waals surface area (Å²) in [5, 5.41) is 5.39. The van der Waals surface area contributed by atoms with Gasteiger partial charge in [0.25, 0.3) is 0 Å². The number of carbonyl (C=O) groups is 2. The summed E-state index contributed by atoms with van der Waals surface area (Å²) in [7, 11) is 1.54. The van der Waals surface area contributed by atoms with E-state index < -0.39 is 6.04 Å². The van der Waals surface area contributed by atoms with Crippen molar-refractivity contribution < 1.29 is 18.7 Å². The molecule has 148 valence electrons. The summed E-state index contributed by atoms with van der Waals surface area (Å²) in [5.41, 5.74) is 1.47. The molecule has 0 radical (unpaired) electrons. The van der Waals surface area contributed by atoms with Crippen molar-refractivity contribution in [3.63, 3.8) is 0 Å². The van der Waals surface area contributed by atoms with Crippen molar-refractivity contribution in [1.29, 1.82) is 0 Å². The molecule has 1 heterocycles. The van der Waals surface area contributed by atoms with Gasteiger partial charge >= 0.3 is 0 Å². The van der Waals surface area contributed by atoms with Crippen LogP contribution >= 0.6 is 0 Å². The molecule has 6 nitrogen and oxygen atoms in total. The summed E-state index contributed by atoms with van der Waals surface area (Å²) in [6.07, 6.45) is -0.291. The van der Waals surface area contributed by atoms with Gasteiger partial charge in [-0.1, -0.05) is 42.5 Å². The second-order valence-electron chi connectivity index (χ2n) is 6.68. The van der Waals surface area contributed by atoms with E-state index in [2.05, 4.69) is 10.6 Å². The number of benzene rings is 2. The molecule has 1 fully saturated rings. The van der Waals surface area contributed by atoms with Crippen LogP contribution < -0.4 is 10.6 Å². The molecule has 1 aliphatic heterocycles. The maximum Gasteiger partial charge on any atom is 0.246 e. The Hall–Kier alpha value is -2.77. The average molecular weight is 385 g/mol. The van der Waals surface area contributed by atoms with Gasteiger partial charge in [-0.2, -0.15) is 0 Å². The molecule has 7 heteroatoms. The third kappa shape index (κ3) is 5.15. The number of ether oxygens (including phenoxy) is 1. The van der Waals surface area contributed by atoms with Gasteiger partial charge in [-0.25, -0.2) is 4.39 Å². The Labute approximate surface area is 163 Å². The number of hydrogen-bond donors (Lipinski definition) is 2. The molecule has 1 saturated heterocycles. The number of morpholine rings is 1. The molecule has 3 rings (SSSR count). The second-order valence-corrected chi connectivity index (χ2v) is 6.68. The molecule has 2 atom stereocenters. The maximum absolute atomic E-state index is 13.5. The molecule has 2 aromatic rings. The number of nitrogens with zero attached hydrogens (tertiary/aromatic N) is 1. The molecule has 2 aromatic carbocycles. The first kappa shape index (κ1) is 20.0. The summed E-state index contributed by atoms with van der Waals surface area (Å²) in [6, 6.07) is 14.6. The maximum atomic E-state index is 13.5. The Bertz CT molecular complexity index is 816. The summed E-state index contributed by atoms with van der Waals surface area (Å²) in [5.74, 6) is -0.844. The lowest BCUT2D eigenvalue weighted by Gasteiger charge is -2.33. The van der Waals surface area contributed by atoms with E-state index >= 15 is 0 Å². The Morgan fingerprint density at radius 2 is 2.00 bits per heavy atom. The summed E-state index contributed by atoms with van der Waals surface area (Å²) in [4.78, 5) is 26.7. The Balaban J connectivity index is 1.62. The molecule has 2 unspecified atom stereocenters. The molecule has 0 aromatic heterocycles. The molecule has 0 aliphatic carbocycles. The minimum Gasteiger partial charge on any atom is -0.371 e. The van der Waals surface area contributed by atoms with Crippen LogP contribution in [0.4, 0.5) is 4.39 Å². The monoisotopic (exact) mass is 385 g/mol. The second kappa shape index (κ2) is 9.43. The normalized spacial score (nSPS) is 18.3. The number of hydrogen-bond acceptors (Lipinski definition) is 4. The van der Waals surface area contributed by atoms with Gasteiger partial charge in [-0.15, -0.1) is 0 Å². The van der Waals surface area contributed by atoms with Crippen LogP contribution in [-0.4, -0.2) is 50.0 Å². The number of nitrogens with one attached hydrogen (secondary N) is 2. The lowest BCUT2D eigenvalue weighted by atomic mass is 10.1. The predicted octanol–water partition coefficient (Wildman–Crippen LogP) is 1.80. The van der Waals surface area contributed by atoms with Crippen LogP contribution in [0.2, 0.25) is 0 Å². The number of halogens is 1. The third-order valence-electron chi connectivity index (χ3n) is 4.69. The third-order valence-corrected chi connectivity index (χ3v) is 4.69. The van der Waals surface area contributed by atoms with Crippen molar-refractivity contribution in [3.05, 3.63) is 71.5 Å². The topological polar surface area (TPSA) is 70.7 Å². The van der Waals surface area contributed by atoms with Gasteiger partial charge in [0.1, 0.15) is 11.9 Å². The Morgan fingerprint density at radius 3 is 2.71 bits per heavy atom. The van der Waals surface area contributed by atoms with Crippen LogP contribution in [0.3, 0.4) is 0 Å². The first-order valence-corrected chi connectivity index (χ1v) is 9.22. The first-order valence-electron chi connectivity index (χ1n) is 9.22. The standard InChI is InChI=1S/C21H24FN3O3/c1-23-21(27)20(15-6-3-2-4-7-15)24-19(26)14-25-10-11-28-18(13-25)16-8-5-9-17(22)12-16/h2-9,12,18,20H,10-11,13-14H2,1H3,(H,23,27)(H,24,26). The zero-order valence-electron chi connectivity index (χ0n) is 15.7. The number of likely N-dealkylation sites (N-methyl/N-ethyl adjacent to an activating group) is 1. The van der Waals surface area contributed by atoms with E-state index in [1.807, 2.05) is 29.2 Å². The zero-order valence-corrected chi connectivity index (χ0v) is 15.7. The van der Waals surface area contributed by atoms with Gasteiger partial charge in [-0.05, 0) is 23.3 Å². The van der Waals surface area contributed by atoms with Gasteiger partial charge in [0, 0.05) is 20.1 Å². The largest absolute Gasteiger partial charge is 0.371 e. The van der Waals surface area contributed by atoms with E-state index in [1.165, 1.54) is 19.2 Å². The van der Waals surface area contributed by atoms with Gasteiger partial charge in [0.2, 0.25) is 11.8 Å². The molecule has 2 amide bonds. The highest BCUT2D eigenvalue weighted by molar-refractivity contribution is 5.89. The molecule has 28 heavy (non-hydrogen) atoms. The lowest BCUT2D eigenvalue weighted by Crippen LogP contribution is -2.47. The fraction of sp³-hybridized carbons (Fsp3) is 0.333. The van der Waals surface area contributed by atoms with E-state index in [-0.39, 0.29) is 30.3 Å². The van der Waals surface area contributed by atoms with Crippen LogP contribution in [0.25, 0.3) is 0 Å². The van der Waals surface area contributed by atoms with Crippen LogP contribution in [0.1, 0.15) is 23.3 Å². The van der Waals surface area contributed by atoms with Crippen molar-refractivity contribution in [3.8, 4) is 0 Å². The van der Waals surface area contributed by atoms with Crippen molar-refractivity contribution in [2.45, 2.75) is 12.1 Å². The van der Waals surface area contributed by atoms with E-state index in [0.717, 1.165) is 11.1 Å². The highest BCUT2D eigenvalue weighted by Gasteiger charge is 2.26. The number of carbonyl (C=O) groups excluding carboxylic acids is 2. The van der Waals surface area contributed by atoms with Gasteiger partial charge in [-0.3, -0.25) is 14.5 Å². The van der Waals surface area contributed by atoms with Crippen LogP contribution in [-0.2, 0) is 14.3 Å². The SMILES string of the molecule is CNC(=O)C(NC(=O)CN1CCOC(c2cccc(F)c2)C1)c1ccccc1. The summed E-state index contributed by atoms with van der Waals surface area (Å²) < 4.78 is 19.2. The van der Waals surface area contributed by atoms with Gasteiger partial charge in [0.15, 0.2) is 0 Å². The van der Waals surface area contributed by atoms with E-state index in [9.17, 15) is 14.0 Å². The van der Waals surface area contributed by atoms with E-state index in [0.29, 0.717) is 19.7 Å². The number of rotatable bonds is 6. The molecule has 0 spiro atoms. The molecule has 0 bridgehead atoms. The minimum absolute atomic E-state index is 0.134. The zero-order chi connectivity index (χ0) is 19.9. The Morgan fingerprint density at radius 1 is 1.21 bits per heavy atom. The van der Waals surface area contributed by atoms with Crippen LogP contribution in [0.5, 0.6) is 0 Å². The molecule has 2 N–H and O–H groups in total. The Kier molecular flexibility index (Phi) is 6.73. The smallest absolute Gasteiger partial charge is 0.246 e. The fourth-order valence-electron chi connectivity index (χ4n) is 3.25. The van der Waals surface area contributed by atoms with Crippen LogP contribution in [0.15, 0.2) is 54.6 Å². The molecule has 1 aliphatic rings. The first-order chi connectivity index (χ1) is 13.6. The van der Waals surface area contributed by atoms with E-state index in [4.69, 9.17) is 4.74 Å². The highest BCUT2D eigenvalue weighted by atomic mass is 19.1. The molecular formula is C21H24FN3O3. The van der Waals surface area contributed by atoms with Gasteiger partial charge < -0.3 is 15.4 Å². The molecule has 0 saturated carbocycles. The van der Waals surface area contributed by atoms with Crippen LogP contribution in [0, 0.1) is 5.82 Å². The lowest BCUT2D eigenvalue weighted by molar-refractivity contribution is -0.130. The minimum atomic E-state index is -0.751. The predicted molar refractivity (Wildman–Crippen MR) is 103 cm³/mol. The number of amides is 2.